The Morgan fingerprint density at radius 1 is 1.04 bits per heavy atom. The van der Waals surface area contributed by atoms with Gasteiger partial charge in [0.05, 0.1) is 38.6 Å². The third-order valence-electron chi connectivity index (χ3n) is 4.54. The average molecular weight is 370 g/mol. The molecule has 1 fully saturated rings. The fourth-order valence-corrected chi connectivity index (χ4v) is 3.11. The first kappa shape index (κ1) is 18.6. The third kappa shape index (κ3) is 3.81. The van der Waals surface area contributed by atoms with Crippen LogP contribution in [-0.2, 0) is 9.59 Å². The Labute approximate surface area is 157 Å². The summed E-state index contributed by atoms with van der Waals surface area (Å²) in [4.78, 5) is 26.8. The van der Waals surface area contributed by atoms with E-state index in [0.29, 0.717) is 35.2 Å². The SMILES string of the molecule is COc1ccc(NC(=O)C2CC(=O)N(c3ccccc3OC)C2)c(OC)c1. The van der Waals surface area contributed by atoms with Crippen LogP contribution in [0.3, 0.4) is 0 Å². The van der Waals surface area contributed by atoms with E-state index < -0.39 is 5.92 Å². The quantitative estimate of drug-likeness (QED) is 0.846. The van der Waals surface area contributed by atoms with Crippen LogP contribution in [0.2, 0.25) is 0 Å². The number of hydrogen-bond donors (Lipinski definition) is 1. The van der Waals surface area contributed by atoms with Gasteiger partial charge < -0.3 is 24.4 Å². The summed E-state index contributed by atoms with van der Waals surface area (Å²) >= 11 is 0. The zero-order valence-electron chi connectivity index (χ0n) is 15.5. The van der Waals surface area contributed by atoms with Crippen molar-refractivity contribution in [1.82, 2.24) is 0 Å². The van der Waals surface area contributed by atoms with Gasteiger partial charge in [-0.3, -0.25) is 9.59 Å². The maximum Gasteiger partial charge on any atom is 0.229 e. The topological polar surface area (TPSA) is 77.1 Å². The zero-order chi connectivity index (χ0) is 19.4. The second-order valence-electron chi connectivity index (χ2n) is 6.13. The second kappa shape index (κ2) is 7.99. The molecule has 7 heteroatoms. The number of carbonyl (C=O) groups excluding carboxylic acids is 2. The van der Waals surface area contributed by atoms with E-state index in [-0.39, 0.29) is 18.2 Å². The molecule has 27 heavy (non-hydrogen) atoms. The third-order valence-corrected chi connectivity index (χ3v) is 4.54. The van der Waals surface area contributed by atoms with Crippen LogP contribution < -0.4 is 24.4 Å². The summed E-state index contributed by atoms with van der Waals surface area (Å²) in [6, 6.07) is 12.4. The lowest BCUT2D eigenvalue weighted by atomic mass is 10.1. The number of ether oxygens (including phenoxy) is 3. The molecule has 0 radical (unpaired) electrons. The molecule has 2 aromatic carbocycles. The maximum atomic E-state index is 12.7. The molecule has 1 aliphatic heterocycles. The predicted octanol–water partition coefficient (Wildman–Crippen LogP) is 2.70. The van der Waals surface area contributed by atoms with Gasteiger partial charge in [0, 0.05) is 19.0 Å². The van der Waals surface area contributed by atoms with E-state index in [1.807, 2.05) is 18.2 Å². The highest BCUT2D eigenvalue weighted by Gasteiger charge is 2.36. The van der Waals surface area contributed by atoms with Crippen LogP contribution in [0.1, 0.15) is 6.42 Å². The largest absolute Gasteiger partial charge is 0.497 e. The molecule has 0 spiro atoms. The molecule has 1 heterocycles. The highest BCUT2D eigenvalue weighted by atomic mass is 16.5. The minimum absolute atomic E-state index is 0.110. The van der Waals surface area contributed by atoms with Gasteiger partial charge in [-0.15, -0.1) is 0 Å². The smallest absolute Gasteiger partial charge is 0.229 e. The molecule has 3 rings (SSSR count). The van der Waals surface area contributed by atoms with Crippen molar-refractivity contribution in [2.24, 2.45) is 5.92 Å². The molecule has 7 nitrogen and oxygen atoms in total. The number of hydrogen-bond acceptors (Lipinski definition) is 5. The Bertz CT molecular complexity index is 852. The van der Waals surface area contributed by atoms with Gasteiger partial charge in [0.25, 0.3) is 0 Å². The van der Waals surface area contributed by atoms with Crippen LogP contribution in [0.15, 0.2) is 42.5 Å². The second-order valence-corrected chi connectivity index (χ2v) is 6.13. The molecule has 0 saturated carbocycles. The van der Waals surface area contributed by atoms with Crippen molar-refractivity contribution in [2.45, 2.75) is 6.42 Å². The van der Waals surface area contributed by atoms with E-state index in [4.69, 9.17) is 14.2 Å². The minimum Gasteiger partial charge on any atom is -0.497 e. The van der Waals surface area contributed by atoms with E-state index in [1.165, 1.54) is 7.11 Å². The molecule has 1 aliphatic rings. The molecule has 0 aromatic heterocycles. The summed E-state index contributed by atoms with van der Waals surface area (Å²) in [5.41, 5.74) is 1.20. The van der Waals surface area contributed by atoms with E-state index >= 15 is 0 Å². The fraction of sp³-hybridized carbons (Fsp3) is 0.300. The number of amides is 2. The Hall–Kier alpha value is -3.22. The van der Waals surface area contributed by atoms with Gasteiger partial charge in [-0.2, -0.15) is 0 Å². The first-order valence-corrected chi connectivity index (χ1v) is 8.53. The lowest BCUT2D eigenvalue weighted by Gasteiger charge is -2.19. The van der Waals surface area contributed by atoms with Crippen LogP contribution >= 0.6 is 0 Å². The zero-order valence-corrected chi connectivity index (χ0v) is 15.5. The summed E-state index contributed by atoms with van der Waals surface area (Å²) in [6.07, 6.45) is 0.141. The highest BCUT2D eigenvalue weighted by Crippen LogP contribution is 2.34. The molecule has 1 saturated heterocycles. The Kier molecular flexibility index (Phi) is 5.49. The van der Waals surface area contributed by atoms with Crippen molar-refractivity contribution in [3.8, 4) is 17.2 Å². The molecule has 0 bridgehead atoms. The Balaban J connectivity index is 1.75. The van der Waals surface area contributed by atoms with Crippen LogP contribution in [0, 0.1) is 5.92 Å². The van der Waals surface area contributed by atoms with Gasteiger partial charge in [-0.25, -0.2) is 0 Å². The monoisotopic (exact) mass is 370 g/mol. The molecule has 1 atom stereocenters. The van der Waals surface area contributed by atoms with Crippen molar-refractivity contribution in [1.29, 1.82) is 0 Å². The molecular weight excluding hydrogens is 348 g/mol. The van der Waals surface area contributed by atoms with Crippen LogP contribution in [-0.4, -0.2) is 39.7 Å². The number of para-hydroxylation sites is 2. The van der Waals surface area contributed by atoms with Crippen molar-refractivity contribution in [3.05, 3.63) is 42.5 Å². The van der Waals surface area contributed by atoms with E-state index in [9.17, 15) is 9.59 Å². The lowest BCUT2D eigenvalue weighted by Crippen LogP contribution is -2.28. The van der Waals surface area contributed by atoms with Crippen molar-refractivity contribution >= 4 is 23.2 Å². The number of rotatable bonds is 6. The lowest BCUT2D eigenvalue weighted by molar-refractivity contribution is -0.122. The fourth-order valence-electron chi connectivity index (χ4n) is 3.11. The van der Waals surface area contributed by atoms with Crippen molar-refractivity contribution in [3.63, 3.8) is 0 Å². The van der Waals surface area contributed by atoms with Crippen LogP contribution in [0.5, 0.6) is 17.2 Å². The standard InChI is InChI=1S/C20H22N2O5/c1-25-14-8-9-15(18(11-14)27-3)21-20(24)13-10-19(23)22(12-13)16-6-4-5-7-17(16)26-2/h4-9,11,13H,10,12H2,1-3H3,(H,21,24). The van der Waals surface area contributed by atoms with Crippen molar-refractivity contribution in [2.75, 3.05) is 38.1 Å². The van der Waals surface area contributed by atoms with Crippen molar-refractivity contribution < 1.29 is 23.8 Å². The van der Waals surface area contributed by atoms with Gasteiger partial charge in [-0.1, -0.05) is 12.1 Å². The van der Waals surface area contributed by atoms with Gasteiger partial charge in [0.2, 0.25) is 11.8 Å². The normalized spacial score (nSPS) is 16.2. The van der Waals surface area contributed by atoms with Gasteiger partial charge in [0.15, 0.2) is 0 Å². The van der Waals surface area contributed by atoms with Gasteiger partial charge in [-0.05, 0) is 24.3 Å². The summed E-state index contributed by atoms with van der Waals surface area (Å²) in [7, 11) is 4.63. The molecule has 0 aliphatic carbocycles. The summed E-state index contributed by atoms with van der Waals surface area (Å²) in [5, 5.41) is 2.85. The molecule has 1 N–H and O–H groups in total. The molecular formula is C20H22N2O5. The van der Waals surface area contributed by atoms with Crippen LogP contribution in [0.4, 0.5) is 11.4 Å². The highest BCUT2D eigenvalue weighted by molar-refractivity contribution is 6.04. The number of methoxy groups -OCH3 is 3. The van der Waals surface area contributed by atoms with Crippen LogP contribution in [0.25, 0.3) is 0 Å². The summed E-state index contributed by atoms with van der Waals surface area (Å²) in [6.45, 7) is 0.295. The molecule has 2 amide bonds. The summed E-state index contributed by atoms with van der Waals surface area (Å²) in [5.74, 6) is 0.917. The predicted molar refractivity (Wildman–Crippen MR) is 102 cm³/mol. The summed E-state index contributed by atoms with van der Waals surface area (Å²) < 4.78 is 15.8. The van der Waals surface area contributed by atoms with Gasteiger partial charge in [0.1, 0.15) is 17.2 Å². The Morgan fingerprint density at radius 2 is 1.78 bits per heavy atom. The Morgan fingerprint density at radius 3 is 2.48 bits per heavy atom. The average Bonchev–Trinajstić information content (AvgIpc) is 3.09. The van der Waals surface area contributed by atoms with E-state index in [2.05, 4.69) is 5.32 Å². The first-order valence-electron chi connectivity index (χ1n) is 8.53. The number of nitrogens with one attached hydrogen (secondary N) is 1. The van der Waals surface area contributed by atoms with E-state index in [1.54, 1.807) is 43.4 Å². The van der Waals surface area contributed by atoms with Gasteiger partial charge >= 0.3 is 0 Å². The molecule has 142 valence electrons. The number of nitrogens with zero attached hydrogens (tertiary/aromatic N) is 1. The first-order chi connectivity index (χ1) is 13.1. The number of carbonyl (C=O) groups is 2. The maximum absolute atomic E-state index is 12.7. The minimum atomic E-state index is -0.464. The molecule has 2 aromatic rings. The number of benzene rings is 2. The van der Waals surface area contributed by atoms with E-state index in [0.717, 1.165) is 0 Å². The molecule has 1 unspecified atom stereocenters. The number of anilines is 2.